The Hall–Kier alpha value is -1.32. The van der Waals surface area contributed by atoms with E-state index in [4.69, 9.17) is 10.7 Å². The topological polar surface area (TPSA) is 34.1 Å². The molecule has 94 valence electrons. The summed E-state index contributed by atoms with van der Waals surface area (Å²) in [5.74, 6) is 0. The molecule has 2 rings (SSSR count). The molecule has 0 radical (unpaired) electrons. The maximum absolute atomic E-state index is 11.8. The lowest BCUT2D eigenvalue weighted by molar-refractivity contribution is 0.603. The highest BCUT2D eigenvalue weighted by Crippen LogP contribution is 2.34. The van der Waals surface area contributed by atoms with E-state index in [1.54, 1.807) is 18.2 Å². The van der Waals surface area contributed by atoms with Gasteiger partial charge in [-0.05, 0) is 23.6 Å². The van der Waals surface area contributed by atoms with Crippen LogP contribution in [0.25, 0.3) is 0 Å². The predicted octanol–water partition coefficient (Wildman–Crippen LogP) is 3.65. The summed E-state index contributed by atoms with van der Waals surface area (Å²) in [5.41, 5.74) is 2.32. The van der Waals surface area contributed by atoms with Crippen molar-refractivity contribution >= 4 is 19.7 Å². The standard InChI is InChI=1S/C14H13ClO2S/c1-11-7-5-6-10-13(11)14(18(15,16)17)12-8-3-2-4-9-12/h2-10,14H,1H3. The fourth-order valence-electron chi connectivity index (χ4n) is 2.00. The zero-order valence-corrected chi connectivity index (χ0v) is 11.4. The zero-order valence-electron chi connectivity index (χ0n) is 9.88. The molecule has 1 atom stereocenters. The maximum Gasteiger partial charge on any atom is 0.243 e. The minimum absolute atomic E-state index is 0.682. The van der Waals surface area contributed by atoms with Gasteiger partial charge in [0, 0.05) is 10.7 Å². The molecule has 0 aliphatic rings. The Balaban J connectivity index is 2.63. The minimum atomic E-state index is -3.72. The first kappa shape index (κ1) is 13.1. The van der Waals surface area contributed by atoms with Gasteiger partial charge in [0.1, 0.15) is 5.25 Å². The first-order valence-electron chi connectivity index (χ1n) is 5.54. The third-order valence-electron chi connectivity index (χ3n) is 2.85. The lowest BCUT2D eigenvalue weighted by Gasteiger charge is -2.16. The summed E-state index contributed by atoms with van der Waals surface area (Å²) >= 11 is 0. The van der Waals surface area contributed by atoms with Crippen LogP contribution in [-0.4, -0.2) is 8.42 Å². The molecule has 0 saturated carbocycles. The first-order valence-corrected chi connectivity index (χ1v) is 7.91. The van der Waals surface area contributed by atoms with Gasteiger partial charge in [-0.25, -0.2) is 8.42 Å². The van der Waals surface area contributed by atoms with Gasteiger partial charge in [-0.2, -0.15) is 0 Å². The van der Waals surface area contributed by atoms with E-state index < -0.39 is 14.3 Å². The van der Waals surface area contributed by atoms with E-state index in [1.165, 1.54) is 0 Å². The Kier molecular flexibility index (Phi) is 3.73. The Morgan fingerprint density at radius 3 is 2.06 bits per heavy atom. The molecule has 18 heavy (non-hydrogen) atoms. The second kappa shape index (κ2) is 5.12. The van der Waals surface area contributed by atoms with E-state index in [2.05, 4.69) is 0 Å². The summed E-state index contributed by atoms with van der Waals surface area (Å²) < 4.78 is 23.7. The van der Waals surface area contributed by atoms with Crippen molar-refractivity contribution < 1.29 is 8.42 Å². The summed E-state index contributed by atoms with van der Waals surface area (Å²) in [7, 11) is 1.89. The molecule has 0 aromatic heterocycles. The van der Waals surface area contributed by atoms with Crippen molar-refractivity contribution in [2.45, 2.75) is 12.2 Å². The van der Waals surface area contributed by atoms with E-state index in [1.807, 2.05) is 43.3 Å². The molecular weight excluding hydrogens is 268 g/mol. The Labute approximate surface area is 112 Å². The number of rotatable bonds is 3. The Morgan fingerprint density at radius 2 is 1.50 bits per heavy atom. The largest absolute Gasteiger partial charge is 0.243 e. The fraction of sp³-hybridized carbons (Fsp3) is 0.143. The van der Waals surface area contributed by atoms with Crippen molar-refractivity contribution in [1.29, 1.82) is 0 Å². The molecule has 0 aliphatic heterocycles. The van der Waals surface area contributed by atoms with Crippen molar-refractivity contribution in [3.05, 3.63) is 71.3 Å². The van der Waals surface area contributed by atoms with Crippen LogP contribution < -0.4 is 0 Å². The summed E-state index contributed by atoms with van der Waals surface area (Å²) in [6.07, 6.45) is 0. The molecule has 0 N–H and O–H groups in total. The molecule has 0 heterocycles. The molecule has 0 bridgehead atoms. The molecule has 0 fully saturated rings. The summed E-state index contributed by atoms with van der Waals surface area (Å²) in [5, 5.41) is -0.818. The molecule has 0 amide bonds. The van der Waals surface area contributed by atoms with Gasteiger partial charge >= 0.3 is 0 Å². The molecule has 0 spiro atoms. The van der Waals surface area contributed by atoms with Gasteiger partial charge in [0.2, 0.25) is 9.05 Å². The van der Waals surface area contributed by atoms with Gasteiger partial charge in [0.25, 0.3) is 0 Å². The molecule has 4 heteroatoms. The van der Waals surface area contributed by atoms with E-state index >= 15 is 0 Å². The summed E-state index contributed by atoms with van der Waals surface area (Å²) in [6, 6.07) is 16.4. The molecule has 0 saturated heterocycles. The highest BCUT2D eigenvalue weighted by molar-refractivity contribution is 8.14. The molecule has 2 aromatic rings. The predicted molar refractivity (Wildman–Crippen MR) is 74.2 cm³/mol. The second-order valence-corrected chi connectivity index (χ2v) is 6.84. The monoisotopic (exact) mass is 280 g/mol. The van der Waals surface area contributed by atoms with Gasteiger partial charge in [0.05, 0.1) is 0 Å². The minimum Gasteiger partial charge on any atom is -0.211 e. The molecule has 1 unspecified atom stereocenters. The van der Waals surface area contributed by atoms with Crippen LogP contribution >= 0.6 is 10.7 Å². The fourth-order valence-corrected chi connectivity index (χ4v) is 3.65. The number of hydrogen-bond acceptors (Lipinski definition) is 2. The average molecular weight is 281 g/mol. The highest BCUT2D eigenvalue weighted by Gasteiger charge is 2.27. The lowest BCUT2D eigenvalue weighted by Crippen LogP contribution is -2.10. The molecule has 2 nitrogen and oxygen atoms in total. The van der Waals surface area contributed by atoms with E-state index in [0.29, 0.717) is 5.56 Å². The van der Waals surface area contributed by atoms with Crippen LogP contribution in [0.15, 0.2) is 54.6 Å². The van der Waals surface area contributed by atoms with Crippen LogP contribution in [0.1, 0.15) is 21.9 Å². The van der Waals surface area contributed by atoms with Crippen molar-refractivity contribution in [2.24, 2.45) is 0 Å². The molecular formula is C14H13ClO2S. The Bertz CT molecular complexity index is 636. The van der Waals surface area contributed by atoms with Gasteiger partial charge in [-0.15, -0.1) is 0 Å². The Morgan fingerprint density at radius 1 is 0.944 bits per heavy atom. The number of aryl methyl sites for hydroxylation is 1. The van der Waals surface area contributed by atoms with E-state index in [9.17, 15) is 8.42 Å². The third-order valence-corrected chi connectivity index (χ3v) is 4.48. The van der Waals surface area contributed by atoms with Gasteiger partial charge < -0.3 is 0 Å². The van der Waals surface area contributed by atoms with Gasteiger partial charge in [0.15, 0.2) is 0 Å². The van der Waals surface area contributed by atoms with Crippen molar-refractivity contribution in [3.63, 3.8) is 0 Å². The second-order valence-electron chi connectivity index (χ2n) is 4.12. The first-order chi connectivity index (χ1) is 8.50. The van der Waals surface area contributed by atoms with E-state index in [-0.39, 0.29) is 0 Å². The van der Waals surface area contributed by atoms with Gasteiger partial charge in [-0.3, -0.25) is 0 Å². The SMILES string of the molecule is Cc1ccccc1C(c1ccccc1)S(=O)(=O)Cl. The van der Waals surface area contributed by atoms with Crippen molar-refractivity contribution in [2.75, 3.05) is 0 Å². The lowest BCUT2D eigenvalue weighted by atomic mass is 10.0. The van der Waals surface area contributed by atoms with Crippen LogP contribution in [0.3, 0.4) is 0 Å². The average Bonchev–Trinajstić information content (AvgIpc) is 2.32. The highest BCUT2D eigenvalue weighted by atomic mass is 35.7. The smallest absolute Gasteiger partial charge is 0.211 e. The molecule has 0 aliphatic carbocycles. The van der Waals surface area contributed by atoms with Crippen LogP contribution in [0.2, 0.25) is 0 Å². The molecule has 2 aromatic carbocycles. The quantitative estimate of drug-likeness (QED) is 0.804. The van der Waals surface area contributed by atoms with Crippen molar-refractivity contribution in [3.8, 4) is 0 Å². The van der Waals surface area contributed by atoms with E-state index in [0.717, 1.165) is 11.1 Å². The maximum atomic E-state index is 11.8. The number of hydrogen-bond donors (Lipinski definition) is 0. The van der Waals surface area contributed by atoms with Crippen LogP contribution in [0.5, 0.6) is 0 Å². The van der Waals surface area contributed by atoms with Gasteiger partial charge in [-0.1, -0.05) is 54.6 Å². The number of benzene rings is 2. The van der Waals surface area contributed by atoms with Crippen molar-refractivity contribution in [1.82, 2.24) is 0 Å². The van der Waals surface area contributed by atoms with Crippen LogP contribution in [0.4, 0.5) is 0 Å². The summed E-state index contributed by atoms with van der Waals surface area (Å²) in [4.78, 5) is 0. The third kappa shape index (κ3) is 2.74. The van der Waals surface area contributed by atoms with Crippen LogP contribution in [0, 0.1) is 6.92 Å². The normalized spacial score (nSPS) is 13.2. The number of halogens is 1. The zero-order chi connectivity index (χ0) is 13.2. The van der Waals surface area contributed by atoms with Crippen LogP contribution in [-0.2, 0) is 9.05 Å². The summed E-state index contributed by atoms with van der Waals surface area (Å²) in [6.45, 7) is 1.88.